The van der Waals surface area contributed by atoms with Crippen LogP contribution in [0.25, 0.3) is 0 Å². The average Bonchev–Trinajstić information content (AvgIpc) is 2.82. The van der Waals surface area contributed by atoms with Crippen LogP contribution in [0.3, 0.4) is 0 Å². The maximum absolute atomic E-state index is 6.23. The summed E-state index contributed by atoms with van der Waals surface area (Å²) in [5.74, 6) is 1.02. The lowest BCUT2D eigenvalue weighted by atomic mass is 10.2. The van der Waals surface area contributed by atoms with Gasteiger partial charge in [0.1, 0.15) is 11.0 Å². The Balaban J connectivity index is 0.00000208. The lowest BCUT2D eigenvalue weighted by Gasteiger charge is -2.27. The molecule has 0 spiro atoms. The molecule has 1 N–H and O–H groups in total. The number of nitrogens with one attached hydrogen (secondary N) is 1. The first-order chi connectivity index (χ1) is 11.1. The van der Waals surface area contributed by atoms with Crippen LogP contribution in [0.5, 0.6) is 0 Å². The molecule has 8 heteroatoms. The van der Waals surface area contributed by atoms with Gasteiger partial charge in [-0.25, -0.2) is 4.98 Å². The van der Waals surface area contributed by atoms with Gasteiger partial charge in [-0.3, -0.25) is 4.68 Å². The minimum Gasteiger partial charge on any atom is -0.378 e. The summed E-state index contributed by atoms with van der Waals surface area (Å²) in [6.45, 7) is 6.78. The van der Waals surface area contributed by atoms with E-state index in [1.807, 2.05) is 20.2 Å². The number of pyridine rings is 1. The Morgan fingerprint density at radius 1 is 1.25 bits per heavy atom. The molecule has 1 aliphatic heterocycles. The van der Waals surface area contributed by atoms with Gasteiger partial charge >= 0.3 is 0 Å². The Bertz CT molecular complexity index is 653. The largest absolute Gasteiger partial charge is 0.378 e. The van der Waals surface area contributed by atoms with Crippen molar-refractivity contribution in [1.82, 2.24) is 20.1 Å². The molecule has 2 aromatic rings. The maximum Gasteiger partial charge on any atom is 0.131 e. The van der Waals surface area contributed by atoms with Crippen LogP contribution >= 0.6 is 24.0 Å². The third kappa shape index (κ3) is 4.39. The number of anilines is 1. The molecule has 0 saturated carbocycles. The maximum atomic E-state index is 6.23. The summed E-state index contributed by atoms with van der Waals surface area (Å²) in [4.78, 5) is 6.80. The molecule has 3 heterocycles. The van der Waals surface area contributed by atoms with E-state index in [4.69, 9.17) is 16.3 Å². The van der Waals surface area contributed by atoms with Crippen molar-refractivity contribution in [1.29, 1.82) is 0 Å². The molecule has 0 amide bonds. The van der Waals surface area contributed by atoms with Gasteiger partial charge in [0, 0.05) is 45.0 Å². The van der Waals surface area contributed by atoms with E-state index >= 15 is 0 Å². The quantitative estimate of drug-likeness (QED) is 0.873. The van der Waals surface area contributed by atoms with Gasteiger partial charge in [-0.2, -0.15) is 5.10 Å². The number of aryl methyl sites for hydroxylation is 2. The van der Waals surface area contributed by atoms with Crippen LogP contribution in [0.15, 0.2) is 18.3 Å². The Morgan fingerprint density at radius 2 is 2.00 bits per heavy atom. The van der Waals surface area contributed by atoms with Crippen LogP contribution < -0.4 is 10.2 Å². The van der Waals surface area contributed by atoms with Gasteiger partial charge in [-0.15, -0.1) is 12.4 Å². The molecule has 1 fully saturated rings. The van der Waals surface area contributed by atoms with Gasteiger partial charge in [0.2, 0.25) is 0 Å². The fraction of sp³-hybridized carbons (Fsp3) is 0.500. The van der Waals surface area contributed by atoms with Crippen molar-refractivity contribution in [3.05, 3.63) is 40.3 Å². The zero-order chi connectivity index (χ0) is 16.2. The van der Waals surface area contributed by atoms with Crippen LogP contribution in [-0.4, -0.2) is 41.1 Å². The van der Waals surface area contributed by atoms with Crippen molar-refractivity contribution < 1.29 is 4.74 Å². The number of rotatable bonds is 5. The van der Waals surface area contributed by atoms with Crippen molar-refractivity contribution in [2.75, 3.05) is 31.2 Å². The van der Waals surface area contributed by atoms with E-state index in [9.17, 15) is 0 Å². The van der Waals surface area contributed by atoms with Gasteiger partial charge in [-0.05, 0) is 18.6 Å². The molecule has 0 unspecified atom stereocenters. The third-order valence-electron chi connectivity index (χ3n) is 4.04. The van der Waals surface area contributed by atoms with E-state index in [0.717, 1.165) is 55.5 Å². The van der Waals surface area contributed by atoms with E-state index < -0.39 is 0 Å². The van der Waals surface area contributed by atoms with Crippen LogP contribution in [-0.2, 0) is 24.9 Å². The lowest BCUT2D eigenvalue weighted by molar-refractivity contribution is 0.122. The average molecular weight is 372 g/mol. The molecule has 1 saturated heterocycles. The molecule has 2 aromatic heterocycles. The van der Waals surface area contributed by atoms with Crippen LogP contribution in [0.1, 0.15) is 16.8 Å². The van der Waals surface area contributed by atoms with Gasteiger partial charge in [-0.1, -0.05) is 17.7 Å². The lowest BCUT2D eigenvalue weighted by Crippen LogP contribution is -2.36. The Morgan fingerprint density at radius 3 is 2.58 bits per heavy atom. The van der Waals surface area contributed by atoms with E-state index in [2.05, 4.69) is 32.4 Å². The number of morpholine rings is 1. The summed E-state index contributed by atoms with van der Waals surface area (Å²) in [5, 5.41) is 8.41. The van der Waals surface area contributed by atoms with Gasteiger partial charge < -0.3 is 15.0 Å². The summed E-state index contributed by atoms with van der Waals surface area (Å²) in [5.41, 5.74) is 3.16. The number of hydrogen-bond donors (Lipinski definition) is 1. The first-order valence-electron chi connectivity index (χ1n) is 7.81. The highest BCUT2D eigenvalue weighted by atomic mass is 35.5. The van der Waals surface area contributed by atoms with Gasteiger partial charge in [0.15, 0.2) is 0 Å². The SMILES string of the molecule is Cc1nn(C)c(Cl)c1CNCc1ccc(N2CCOCC2)nc1.Cl. The van der Waals surface area contributed by atoms with E-state index in [1.54, 1.807) is 4.68 Å². The summed E-state index contributed by atoms with van der Waals surface area (Å²) in [6.07, 6.45) is 1.93. The first-order valence-corrected chi connectivity index (χ1v) is 8.19. The monoisotopic (exact) mass is 371 g/mol. The summed E-state index contributed by atoms with van der Waals surface area (Å²) in [7, 11) is 1.85. The molecular formula is C16H23Cl2N5O. The highest BCUT2D eigenvalue weighted by Gasteiger charge is 2.12. The highest BCUT2D eigenvalue weighted by Crippen LogP contribution is 2.18. The van der Waals surface area contributed by atoms with Crippen LogP contribution in [0.2, 0.25) is 5.15 Å². The molecule has 0 radical (unpaired) electrons. The molecule has 0 aromatic carbocycles. The standard InChI is InChI=1S/C16H22ClN5O.ClH/c1-12-14(16(17)21(2)20-12)11-18-9-13-3-4-15(19-10-13)22-5-7-23-8-6-22;/h3-4,10,18H,5-9,11H2,1-2H3;1H. The second-order valence-electron chi connectivity index (χ2n) is 5.71. The van der Waals surface area contributed by atoms with Crippen LogP contribution in [0, 0.1) is 6.92 Å². The molecule has 24 heavy (non-hydrogen) atoms. The predicted molar refractivity (Wildman–Crippen MR) is 98.0 cm³/mol. The number of aromatic nitrogens is 3. The highest BCUT2D eigenvalue weighted by molar-refractivity contribution is 6.30. The van der Waals surface area contributed by atoms with E-state index in [0.29, 0.717) is 11.7 Å². The van der Waals surface area contributed by atoms with Crippen molar-refractivity contribution in [3.63, 3.8) is 0 Å². The first kappa shape index (κ1) is 19.0. The van der Waals surface area contributed by atoms with Crippen molar-refractivity contribution in [2.45, 2.75) is 20.0 Å². The second-order valence-corrected chi connectivity index (χ2v) is 6.06. The minimum absolute atomic E-state index is 0. The summed E-state index contributed by atoms with van der Waals surface area (Å²) in [6, 6.07) is 4.19. The molecule has 3 rings (SSSR count). The molecule has 0 aliphatic carbocycles. The van der Waals surface area contributed by atoms with Gasteiger partial charge in [0.25, 0.3) is 0 Å². The normalized spacial score (nSPS) is 14.5. The van der Waals surface area contributed by atoms with Crippen molar-refractivity contribution >= 4 is 29.8 Å². The topological polar surface area (TPSA) is 55.2 Å². The smallest absolute Gasteiger partial charge is 0.131 e. The molecular weight excluding hydrogens is 349 g/mol. The molecule has 132 valence electrons. The fourth-order valence-corrected chi connectivity index (χ4v) is 2.95. The number of hydrogen-bond acceptors (Lipinski definition) is 5. The number of nitrogens with zero attached hydrogens (tertiary/aromatic N) is 4. The van der Waals surface area contributed by atoms with Gasteiger partial charge in [0.05, 0.1) is 18.9 Å². The fourth-order valence-electron chi connectivity index (χ4n) is 2.71. The summed E-state index contributed by atoms with van der Waals surface area (Å²) < 4.78 is 7.06. The van der Waals surface area contributed by atoms with Crippen molar-refractivity contribution in [3.8, 4) is 0 Å². The Labute approximate surface area is 153 Å². The van der Waals surface area contributed by atoms with E-state index in [1.165, 1.54) is 0 Å². The van der Waals surface area contributed by atoms with Crippen molar-refractivity contribution in [2.24, 2.45) is 7.05 Å². The molecule has 1 aliphatic rings. The third-order valence-corrected chi connectivity index (χ3v) is 4.52. The minimum atomic E-state index is 0. The number of halogens is 2. The molecule has 0 atom stereocenters. The predicted octanol–water partition coefficient (Wildman–Crippen LogP) is 2.33. The Kier molecular flexibility index (Phi) is 6.86. The molecule has 6 nitrogen and oxygen atoms in total. The Hall–Kier alpha value is -1.34. The zero-order valence-electron chi connectivity index (χ0n) is 14.0. The summed E-state index contributed by atoms with van der Waals surface area (Å²) >= 11 is 6.23. The molecule has 0 bridgehead atoms. The second kappa shape index (κ2) is 8.67. The zero-order valence-corrected chi connectivity index (χ0v) is 15.5. The number of ether oxygens (including phenoxy) is 1. The van der Waals surface area contributed by atoms with E-state index in [-0.39, 0.29) is 12.4 Å². The van der Waals surface area contributed by atoms with Crippen LogP contribution in [0.4, 0.5) is 5.82 Å².